The van der Waals surface area contributed by atoms with Crippen molar-refractivity contribution in [2.24, 2.45) is 0 Å². The first-order valence-electron chi connectivity index (χ1n) is 3.18. The Kier molecular flexibility index (Phi) is 7.02. The van der Waals surface area contributed by atoms with E-state index < -0.39 is 0 Å². The van der Waals surface area contributed by atoms with Crippen molar-refractivity contribution in [2.45, 2.75) is 12.2 Å². The van der Waals surface area contributed by atoms with E-state index in [1.54, 1.807) is 11.8 Å². The number of thioether (sulfide) groups is 1. The highest BCUT2D eigenvalue weighted by atomic mass is 32.2. The molecule has 0 bridgehead atoms. The molecule has 0 N–H and O–H groups in total. The first-order chi connectivity index (χ1) is 5.20. The van der Waals surface area contributed by atoms with Gasteiger partial charge in [-0.05, 0) is 6.26 Å². The summed E-state index contributed by atoms with van der Waals surface area (Å²) in [6.45, 7) is 2.41. The van der Waals surface area contributed by atoms with Crippen LogP contribution in [0.2, 0.25) is 0 Å². The molecule has 0 aromatic heterocycles. The number of carbonyl (C=O) groups excluding carboxylic acids is 1. The van der Waals surface area contributed by atoms with Gasteiger partial charge in [-0.3, -0.25) is 4.79 Å². The summed E-state index contributed by atoms with van der Waals surface area (Å²) in [6, 6.07) is 0. The smallest absolute Gasteiger partial charge is 0.302 e. The SMILES string of the molecule is CSC(COP)COC(C)=O. The van der Waals surface area contributed by atoms with Crippen LogP contribution in [0.25, 0.3) is 0 Å². The molecule has 0 aliphatic carbocycles. The molecule has 0 aromatic carbocycles. The molecule has 3 nitrogen and oxygen atoms in total. The fourth-order valence-electron chi connectivity index (χ4n) is 0.502. The largest absolute Gasteiger partial charge is 0.465 e. The van der Waals surface area contributed by atoms with Crippen LogP contribution in [-0.4, -0.2) is 30.7 Å². The van der Waals surface area contributed by atoms with E-state index in [2.05, 4.69) is 9.47 Å². The molecule has 2 unspecified atom stereocenters. The zero-order chi connectivity index (χ0) is 8.69. The molecule has 11 heavy (non-hydrogen) atoms. The van der Waals surface area contributed by atoms with E-state index in [9.17, 15) is 4.79 Å². The Labute approximate surface area is 73.5 Å². The number of carbonyl (C=O) groups is 1. The zero-order valence-corrected chi connectivity index (χ0v) is 8.67. The summed E-state index contributed by atoms with van der Waals surface area (Å²) in [6.07, 6.45) is 1.96. The van der Waals surface area contributed by atoms with Gasteiger partial charge in [-0.2, -0.15) is 11.8 Å². The van der Waals surface area contributed by atoms with E-state index in [-0.39, 0.29) is 11.2 Å². The number of rotatable bonds is 5. The van der Waals surface area contributed by atoms with Crippen LogP contribution < -0.4 is 0 Å². The lowest BCUT2D eigenvalue weighted by Crippen LogP contribution is -2.18. The summed E-state index contributed by atoms with van der Waals surface area (Å²) in [5.74, 6) is -0.243. The van der Waals surface area contributed by atoms with Crippen LogP contribution in [-0.2, 0) is 14.1 Å². The van der Waals surface area contributed by atoms with Gasteiger partial charge in [0.2, 0.25) is 0 Å². The van der Waals surface area contributed by atoms with Gasteiger partial charge < -0.3 is 9.26 Å². The lowest BCUT2D eigenvalue weighted by molar-refractivity contribution is -0.140. The number of hydrogen-bond acceptors (Lipinski definition) is 4. The van der Waals surface area contributed by atoms with Gasteiger partial charge in [0.05, 0.1) is 11.9 Å². The van der Waals surface area contributed by atoms with E-state index in [1.165, 1.54) is 6.92 Å². The Morgan fingerprint density at radius 3 is 2.64 bits per heavy atom. The fraction of sp³-hybridized carbons (Fsp3) is 0.833. The molecule has 0 aromatic rings. The van der Waals surface area contributed by atoms with E-state index in [0.717, 1.165) is 0 Å². The lowest BCUT2D eigenvalue weighted by Gasteiger charge is -2.11. The number of esters is 1. The van der Waals surface area contributed by atoms with Crippen molar-refractivity contribution < 1.29 is 14.1 Å². The summed E-state index contributed by atoms with van der Waals surface area (Å²) >= 11 is 1.62. The lowest BCUT2D eigenvalue weighted by atomic mass is 10.5. The average Bonchev–Trinajstić information content (AvgIpc) is 1.97. The predicted octanol–water partition coefficient (Wildman–Crippen LogP) is 1.09. The molecule has 0 spiro atoms. The molecule has 0 saturated carbocycles. The van der Waals surface area contributed by atoms with Crippen LogP contribution in [0, 0.1) is 0 Å². The fourth-order valence-corrected chi connectivity index (χ4v) is 1.29. The Bertz CT molecular complexity index is 120. The maximum absolute atomic E-state index is 10.4. The summed E-state index contributed by atoms with van der Waals surface area (Å²) in [4.78, 5) is 10.4. The predicted molar refractivity (Wildman–Crippen MR) is 49.6 cm³/mol. The molecule has 0 saturated heterocycles. The third-order valence-electron chi connectivity index (χ3n) is 1.09. The second-order valence-corrected chi connectivity index (χ2v) is 3.47. The van der Waals surface area contributed by atoms with E-state index >= 15 is 0 Å². The van der Waals surface area contributed by atoms with Crippen LogP contribution in [0.15, 0.2) is 0 Å². The Morgan fingerprint density at radius 2 is 2.27 bits per heavy atom. The van der Waals surface area contributed by atoms with Crippen molar-refractivity contribution in [3.8, 4) is 0 Å². The first-order valence-corrected chi connectivity index (χ1v) is 4.94. The van der Waals surface area contributed by atoms with Gasteiger partial charge in [-0.15, -0.1) is 0 Å². The molecule has 0 fully saturated rings. The van der Waals surface area contributed by atoms with E-state index in [1.807, 2.05) is 6.26 Å². The highest BCUT2D eigenvalue weighted by Crippen LogP contribution is 2.08. The Hall–Kier alpha value is 0.210. The number of hydrogen-bond donors (Lipinski definition) is 0. The van der Waals surface area contributed by atoms with Crippen LogP contribution in [0.4, 0.5) is 0 Å². The van der Waals surface area contributed by atoms with Crippen LogP contribution in [0.1, 0.15) is 6.92 Å². The molecule has 0 aliphatic heterocycles. The number of ether oxygens (including phenoxy) is 1. The molecule has 5 heteroatoms. The highest BCUT2D eigenvalue weighted by Gasteiger charge is 2.07. The molecule has 0 heterocycles. The zero-order valence-electron chi connectivity index (χ0n) is 6.70. The minimum absolute atomic E-state index is 0.233. The van der Waals surface area contributed by atoms with Crippen molar-refractivity contribution in [1.29, 1.82) is 0 Å². The van der Waals surface area contributed by atoms with E-state index in [4.69, 9.17) is 9.26 Å². The van der Waals surface area contributed by atoms with Crippen molar-refractivity contribution in [2.75, 3.05) is 19.5 Å². The normalized spacial score (nSPS) is 12.6. The van der Waals surface area contributed by atoms with Gasteiger partial charge >= 0.3 is 5.97 Å². The molecular weight excluding hydrogens is 183 g/mol. The molecular formula is C6H13O3PS. The quantitative estimate of drug-likeness (QED) is 0.487. The Morgan fingerprint density at radius 1 is 1.64 bits per heavy atom. The van der Waals surface area contributed by atoms with Crippen LogP contribution >= 0.6 is 21.2 Å². The molecule has 0 aliphatic rings. The van der Waals surface area contributed by atoms with Crippen molar-refractivity contribution in [3.63, 3.8) is 0 Å². The Balaban J connectivity index is 3.43. The second kappa shape index (κ2) is 6.89. The summed E-state index contributed by atoms with van der Waals surface area (Å²) in [5.41, 5.74) is 0. The second-order valence-electron chi connectivity index (χ2n) is 1.99. The standard InChI is InChI=1S/C6H13O3PS/c1-5(7)8-3-6(11-2)4-9-10/h6H,3-4,10H2,1-2H3. The monoisotopic (exact) mass is 196 g/mol. The minimum Gasteiger partial charge on any atom is -0.465 e. The minimum atomic E-state index is -0.243. The van der Waals surface area contributed by atoms with Gasteiger partial charge in [-0.25, -0.2) is 0 Å². The third kappa shape index (κ3) is 6.60. The maximum Gasteiger partial charge on any atom is 0.302 e. The topological polar surface area (TPSA) is 35.5 Å². The average molecular weight is 196 g/mol. The van der Waals surface area contributed by atoms with Crippen molar-refractivity contribution >= 4 is 27.2 Å². The molecule has 0 radical (unpaired) electrons. The highest BCUT2D eigenvalue weighted by molar-refractivity contribution is 7.99. The summed E-state index contributed by atoms with van der Waals surface area (Å²) < 4.78 is 9.63. The van der Waals surface area contributed by atoms with Gasteiger partial charge in [0.15, 0.2) is 0 Å². The van der Waals surface area contributed by atoms with Crippen molar-refractivity contribution in [1.82, 2.24) is 0 Å². The summed E-state index contributed by atoms with van der Waals surface area (Å²) in [5, 5.41) is 0.233. The summed E-state index contributed by atoms with van der Waals surface area (Å²) in [7, 11) is 2.17. The van der Waals surface area contributed by atoms with Crippen LogP contribution in [0.5, 0.6) is 0 Å². The van der Waals surface area contributed by atoms with Crippen molar-refractivity contribution in [3.05, 3.63) is 0 Å². The molecule has 2 atom stereocenters. The molecule has 0 amide bonds. The molecule has 66 valence electrons. The molecule has 0 rings (SSSR count). The van der Waals surface area contributed by atoms with Gasteiger partial charge in [0, 0.05) is 16.4 Å². The maximum atomic E-state index is 10.4. The van der Waals surface area contributed by atoms with E-state index in [0.29, 0.717) is 13.2 Å². The van der Waals surface area contributed by atoms with Crippen LogP contribution in [0.3, 0.4) is 0 Å². The van der Waals surface area contributed by atoms with Gasteiger partial charge in [0.1, 0.15) is 6.61 Å². The third-order valence-corrected chi connectivity index (χ3v) is 2.22. The van der Waals surface area contributed by atoms with Gasteiger partial charge in [-0.1, -0.05) is 0 Å². The first kappa shape index (κ1) is 11.2. The van der Waals surface area contributed by atoms with Gasteiger partial charge in [0.25, 0.3) is 0 Å².